The van der Waals surface area contributed by atoms with Gasteiger partial charge in [-0.15, -0.1) is 0 Å². The Bertz CT molecular complexity index is 490. The molecule has 0 atom stereocenters. The number of piperazine rings is 1. The SMILES string of the molecule is Cn1cc(S(=O)(=O)N2CCN(CCN)CC2)cn1. The Balaban J connectivity index is 2.05. The first-order valence-corrected chi connectivity index (χ1v) is 7.39. The summed E-state index contributed by atoms with van der Waals surface area (Å²) < 4.78 is 27.6. The first-order chi connectivity index (χ1) is 8.54. The molecule has 0 spiro atoms. The summed E-state index contributed by atoms with van der Waals surface area (Å²) in [7, 11) is -1.68. The van der Waals surface area contributed by atoms with Gasteiger partial charge in [0.1, 0.15) is 4.90 Å². The van der Waals surface area contributed by atoms with E-state index < -0.39 is 10.0 Å². The maximum absolute atomic E-state index is 12.3. The molecule has 1 aromatic rings. The summed E-state index contributed by atoms with van der Waals surface area (Å²) in [5, 5.41) is 3.91. The highest BCUT2D eigenvalue weighted by molar-refractivity contribution is 7.89. The summed E-state index contributed by atoms with van der Waals surface area (Å²) in [5.41, 5.74) is 5.49. The number of rotatable bonds is 4. The summed E-state index contributed by atoms with van der Waals surface area (Å²) >= 11 is 0. The van der Waals surface area contributed by atoms with E-state index in [0.29, 0.717) is 19.6 Å². The molecule has 1 fully saturated rings. The summed E-state index contributed by atoms with van der Waals surface area (Å²) in [4.78, 5) is 2.44. The van der Waals surface area contributed by atoms with Gasteiger partial charge in [-0.2, -0.15) is 9.40 Å². The Morgan fingerprint density at radius 1 is 1.33 bits per heavy atom. The Morgan fingerprint density at radius 3 is 2.50 bits per heavy atom. The Kier molecular flexibility index (Phi) is 4.00. The summed E-state index contributed by atoms with van der Waals surface area (Å²) in [6.07, 6.45) is 2.92. The van der Waals surface area contributed by atoms with Crippen molar-refractivity contribution in [3.63, 3.8) is 0 Å². The number of hydrogen-bond donors (Lipinski definition) is 1. The van der Waals surface area contributed by atoms with Gasteiger partial charge in [-0.25, -0.2) is 8.42 Å². The molecule has 2 heterocycles. The van der Waals surface area contributed by atoms with Crippen molar-refractivity contribution in [2.24, 2.45) is 12.8 Å². The minimum Gasteiger partial charge on any atom is -0.329 e. The van der Waals surface area contributed by atoms with E-state index in [9.17, 15) is 8.42 Å². The molecule has 0 bridgehead atoms. The highest BCUT2D eigenvalue weighted by atomic mass is 32.2. The maximum atomic E-state index is 12.3. The molecule has 1 saturated heterocycles. The van der Waals surface area contributed by atoms with E-state index in [4.69, 9.17) is 5.73 Å². The first-order valence-electron chi connectivity index (χ1n) is 5.95. The van der Waals surface area contributed by atoms with E-state index >= 15 is 0 Å². The Labute approximate surface area is 107 Å². The molecule has 1 aliphatic rings. The topological polar surface area (TPSA) is 84.5 Å². The molecule has 2 N–H and O–H groups in total. The molecule has 0 radical (unpaired) electrons. The second kappa shape index (κ2) is 5.35. The largest absolute Gasteiger partial charge is 0.329 e. The van der Waals surface area contributed by atoms with Crippen LogP contribution in [0.3, 0.4) is 0 Å². The predicted octanol–water partition coefficient (Wildman–Crippen LogP) is -1.31. The maximum Gasteiger partial charge on any atom is 0.246 e. The second-order valence-corrected chi connectivity index (χ2v) is 6.32. The summed E-state index contributed by atoms with van der Waals surface area (Å²) in [6, 6.07) is 0. The second-order valence-electron chi connectivity index (χ2n) is 4.38. The molecule has 0 amide bonds. The van der Waals surface area contributed by atoms with Crippen LogP contribution in [0.4, 0.5) is 0 Å². The molecular weight excluding hydrogens is 254 g/mol. The van der Waals surface area contributed by atoms with Gasteiger partial charge in [0.05, 0.1) is 6.20 Å². The van der Waals surface area contributed by atoms with Gasteiger partial charge in [0.25, 0.3) is 0 Å². The fourth-order valence-corrected chi connectivity index (χ4v) is 3.47. The van der Waals surface area contributed by atoms with E-state index in [0.717, 1.165) is 19.6 Å². The van der Waals surface area contributed by atoms with Crippen molar-refractivity contribution >= 4 is 10.0 Å². The molecule has 102 valence electrons. The quantitative estimate of drug-likeness (QED) is 0.736. The van der Waals surface area contributed by atoms with Gasteiger partial charge in [-0.05, 0) is 0 Å². The molecule has 7 nitrogen and oxygen atoms in total. The van der Waals surface area contributed by atoms with Crippen molar-refractivity contribution in [2.45, 2.75) is 4.90 Å². The number of aryl methyl sites for hydroxylation is 1. The number of sulfonamides is 1. The van der Waals surface area contributed by atoms with Crippen molar-refractivity contribution in [2.75, 3.05) is 39.3 Å². The van der Waals surface area contributed by atoms with E-state index in [2.05, 4.69) is 10.00 Å². The molecule has 0 aliphatic carbocycles. The fraction of sp³-hybridized carbons (Fsp3) is 0.700. The van der Waals surface area contributed by atoms with Crippen LogP contribution >= 0.6 is 0 Å². The number of aromatic nitrogens is 2. The van der Waals surface area contributed by atoms with Crippen molar-refractivity contribution in [1.29, 1.82) is 0 Å². The minimum absolute atomic E-state index is 0.261. The van der Waals surface area contributed by atoms with E-state index in [1.165, 1.54) is 21.4 Å². The van der Waals surface area contributed by atoms with Crippen LogP contribution in [0.5, 0.6) is 0 Å². The molecular formula is C10H19N5O2S. The van der Waals surface area contributed by atoms with E-state index in [1.54, 1.807) is 7.05 Å². The third-order valence-corrected chi connectivity index (χ3v) is 4.95. The van der Waals surface area contributed by atoms with Gasteiger partial charge in [-0.3, -0.25) is 9.58 Å². The van der Waals surface area contributed by atoms with Crippen molar-refractivity contribution in [3.05, 3.63) is 12.4 Å². The smallest absolute Gasteiger partial charge is 0.246 e. The lowest BCUT2D eigenvalue weighted by atomic mass is 10.3. The van der Waals surface area contributed by atoms with Crippen molar-refractivity contribution in [1.82, 2.24) is 19.0 Å². The van der Waals surface area contributed by atoms with Crippen LogP contribution < -0.4 is 5.73 Å². The van der Waals surface area contributed by atoms with E-state index in [-0.39, 0.29) is 4.90 Å². The zero-order valence-corrected chi connectivity index (χ0v) is 11.3. The molecule has 1 aliphatic heterocycles. The van der Waals surface area contributed by atoms with Gasteiger partial charge in [0, 0.05) is 52.5 Å². The average molecular weight is 273 g/mol. The van der Waals surface area contributed by atoms with Crippen LogP contribution in [-0.4, -0.2) is 66.7 Å². The fourth-order valence-electron chi connectivity index (χ4n) is 2.06. The Morgan fingerprint density at radius 2 is 2.00 bits per heavy atom. The van der Waals surface area contributed by atoms with Crippen LogP contribution in [0.1, 0.15) is 0 Å². The highest BCUT2D eigenvalue weighted by Crippen LogP contribution is 2.16. The van der Waals surface area contributed by atoms with Gasteiger partial charge < -0.3 is 5.73 Å². The average Bonchev–Trinajstić information content (AvgIpc) is 2.78. The molecule has 0 unspecified atom stereocenters. The number of hydrogen-bond acceptors (Lipinski definition) is 5. The molecule has 1 aromatic heterocycles. The standard InChI is InChI=1S/C10H19N5O2S/c1-13-9-10(8-12-13)18(16,17)15-6-4-14(3-2-11)5-7-15/h8-9H,2-7,11H2,1H3. The van der Waals surface area contributed by atoms with Crippen LogP contribution in [-0.2, 0) is 17.1 Å². The van der Waals surface area contributed by atoms with Gasteiger partial charge >= 0.3 is 0 Å². The Hall–Kier alpha value is -0.960. The summed E-state index contributed by atoms with van der Waals surface area (Å²) in [6.45, 7) is 3.91. The zero-order chi connectivity index (χ0) is 13.2. The van der Waals surface area contributed by atoms with Crippen LogP contribution in [0.2, 0.25) is 0 Å². The normalized spacial score (nSPS) is 19.2. The zero-order valence-electron chi connectivity index (χ0n) is 10.5. The lowest BCUT2D eigenvalue weighted by molar-refractivity contribution is 0.192. The molecule has 2 rings (SSSR count). The lowest BCUT2D eigenvalue weighted by Gasteiger charge is -2.33. The number of nitrogens with two attached hydrogens (primary N) is 1. The molecule has 8 heteroatoms. The van der Waals surface area contributed by atoms with Crippen molar-refractivity contribution in [3.8, 4) is 0 Å². The molecule has 0 aromatic carbocycles. The van der Waals surface area contributed by atoms with Gasteiger partial charge in [0.2, 0.25) is 10.0 Å². The third-order valence-electron chi connectivity index (χ3n) is 3.10. The van der Waals surface area contributed by atoms with Crippen molar-refractivity contribution < 1.29 is 8.42 Å². The summed E-state index contributed by atoms with van der Waals surface area (Å²) in [5.74, 6) is 0. The van der Waals surface area contributed by atoms with Gasteiger partial charge in [-0.1, -0.05) is 0 Å². The van der Waals surface area contributed by atoms with Crippen LogP contribution in [0.25, 0.3) is 0 Å². The van der Waals surface area contributed by atoms with Gasteiger partial charge in [0.15, 0.2) is 0 Å². The molecule has 18 heavy (non-hydrogen) atoms. The number of nitrogens with zero attached hydrogens (tertiary/aromatic N) is 4. The molecule has 0 saturated carbocycles. The van der Waals surface area contributed by atoms with Crippen LogP contribution in [0, 0.1) is 0 Å². The predicted molar refractivity (Wildman–Crippen MR) is 67.5 cm³/mol. The first kappa shape index (κ1) is 13.5. The van der Waals surface area contributed by atoms with Crippen LogP contribution in [0.15, 0.2) is 17.3 Å². The third kappa shape index (κ3) is 2.72. The highest BCUT2D eigenvalue weighted by Gasteiger charge is 2.28. The minimum atomic E-state index is -3.39. The monoisotopic (exact) mass is 273 g/mol. The lowest BCUT2D eigenvalue weighted by Crippen LogP contribution is -2.49. The van der Waals surface area contributed by atoms with E-state index in [1.807, 2.05) is 0 Å².